The molecule has 0 aromatic carbocycles. The summed E-state index contributed by atoms with van der Waals surface area (Å²) in [6.45, 7) is 8.52. The number of thioether (sulfide) groups is 1. The molecule has 1 amide bonds. The van der Waals surface area contributed by atoms with E-state index in [0.717, 1.165) is 0 Å². The molecule has 0 aliphatic carbocycles. The van der Waals surface area contributed by atoms with Gasteiger partial charge in [0.15, 0.2) is 0 Å². The Bertz CT molecular complexity index is 400. The van der Waals surface area contributed by atoms with Crippen molar-refractivity contribution < 1.29 is 19.1 Å². The van der Waals surface area contributed by atoms with E-state index in [2.05, 4.69) is 11.9 Å². The Labute approximate surface area is 129 Å². The molecule has 0 aliphatic heterocycles. The second-order valence-electron chi connectivity index (χ2n) is 5.13. The van der Waals surface area contributed by atoms with E-state index in [1.807, 2.05) is 0 Å². The van der Waals surface area contributed by atoms with Gasteiger partial charge in [0.1, 0.15) is 12.9 Å². The van der Waals surface area contributed by atoms with Crippen LogP contribution in [0.25, 0.3) is 0 Å². The summed E-state index contributed by atoms with van der Waals surface area (Å²) in [5.74, 6) is 0.352. The molecule has 0 saturated carbocycles. The fraction of sp³-hybridized carbons (Fsp3) is 0.643. The fourth-order valence-corrected chi connectivity index (χ4v) is 2.60. The van der Waals surface area contributed by atoms with Gasteiger partial charge in [0, 0.05) is 30.0 Å². The lowest BCUT2D eigenvalue weighted by atomic mass is 9.96. The molecule has 3 N–H and O–H groups in total. The van der Waals surface area contributed by atoms with Crippen LogP contribution in [0, 0.1) is 0 Å². The minimum atomic E-state index is -1.01. The Morgan fingerprint density at radius 1 is 1.48 bits per heavy atom. The van der Waals surface area contributed by atoms with Gasteiger partial charge in [0.2, 0.25) is 5.91 Å². The topological polar surface area (TPSA) is 98.5 Å². The predicted octanol–water partition coefficient (Wildman–Crippen LogP) is 0.650. The highest BCUT2D eigenvalue weighted by atomic mass is 32.2. The lowest BCUT2D eigenvalue weighted by Gasteiger charge is -2.26. The zero-order valence-electron chi connectivity index (χ0n) is 12.8. The Balaban J connectivity index is 4.07. The molecule has 0 rings (SSSR count). The van der Waals surface area contributed by atoms with Crippen molar-refractivity contribution in [2.24, 2.45) is 5.73 Å². The molecule has 120 valence electrons. The highest BCUT2D eigenvalue weighted by Crippen LogP contribution is 2.15. The van der Waals surface area contributed by atoms with Gasteiger partial charge in [-0.05, 0) is 20.3 Å². The molecule has 21 heavy (non-hydrogen) atoms. The monoisotopic (exact) mass is 316 g/mol. The van der Waals surface area contributed by atoms with Crippen molar-refractivity contribution in [1.29, 1.82) is 0 Å². The summed E-state index contributed by atoms with van der Waals surface area (Å²) in [6, 6.07) is -0.181. The third-order valence-corrected chi connectivity index (χ3v) is 3.75. The van der Waals surface area contributed by atoms with Gasteiger partial charge in [-0.3, -0.25) is 4.79 Å². The first-order chi connectivity index (χ1) is 9.70. The molecule has 0 aromatic rings. The minimum Gasteiger partial charge on any atom is -0.461 e. The van der Waals surface area contributed by atoms with E-state index >= 15 is 0 Å². The van der Waals surface area contributed by atoms with Crippen LogP contribution < -0.4 is 11.1 Å². The number of hydrogen-bond donors (Lipinski definition) is 2. The van der Waals surface area contributed by atoms with Crippen molar-refractivity contribution in [3.05, 3.63) is 12.2 Å². The third kappa shape index (κ3) is 9.25. The summed E-state index contributed by atoms with van der Waals surface area (Å²) in [5, 5.41) is 2.70. The average Bonchev–Trinajstić information content (AvgIpc) is 2.36. The Kier molecular flexibility index (Phi) is 8.96. The van der Waals surface area contributed by atoms with Crippen molar-refractivity contribution in [2.45, 2.75) is 38.8 Å². The molecule has 7 heteroatoms. The lowest BCUT2D eigenvalue weighted by Crippen LogP contribution is -2.49. The van der Waals surface area contributed by atoms with E-state index in [9.17, 15) is 14.4 Å². The molecular formula is C14H24N2O4S. The van der Waals surface area contributed by atoms with E-state index in [1.165, 1.54) is 18.7 Å². The standard InChI is InChI=1S/C14H24N2O4S/c1-10(2)13(19)20-5-6-21-9-14(15,8-17)7-11(3)16-12(4)18/h8,11H,1,5-7,9,15H2,2-4H3,(H,16,18). The summed E-state index contributed by atoms with van der Waals surface area (Å²) in [6.07, 6.45) is 1.06. The van der Waals surface area contributed by atoms with Crippen molar-refractivity contribution in [3.63, 3.8) is 0 Å². The van der Waals surface area contributed by atoms with Crippen LogP contribution in [-0.2, 0) is 19.1 Å². The van der Waals surface area contributed by atoms with Gasteiger partial charge in [-0.2, -0.15) is 11.8 Å². The maximum absolute atomic E-state index is 11.2. The molecule has 0 radical (unpaired) electrons. The maximum Gasteiger partial charge on any atom is 0.333 e. The van der Waals surface area contributed by atoms with Crippen molar-refractivity contribution >= 4 is 29.9 Å². The molecule has 6 nitrogen and oxygen atoms in total. The fourth-order valence-electron chi connectivity index (χ4n) is 1.69. The zero-order chi connectivity index (χ0) is 16.5. The largest absolute Gasteiger partial charge is 0.461 e. The number of esters is 1. The first-order valence-electron chi connectivity index (χ1n) is 6.63. The summed E-state index contributed by atoms with van der Waals surface area (Å²) in [5.41, 5.74) is 5.35. The highest BCUT2D eigenvalue weighted by Gasteiger charge is 2.27. The SMILES string of the molecule is C=C(C)C(=O)OCCSCC(N)(C=O)CC(C)NC(C)=O. The smallest absolute Gasteiger partial charge is 0.333 e. The van der Waals surface area contributed by atoms with Crippen molar-refractivity contribution in [3.8, 4) is 0 Å². The second kappa shape index (κ2) is 9.57. The van der Waals surface area contributed by atoms with E-state index in [0.29, 0.717) is 29.8 Å². The molecule has 0 aliphatic rings. The Morgan fingerprint density at radius 3 is 2.57 bits per heavy atom. The Hall–Kier alpha value is -1.34. The van der Waals surface area contributed by atoms with Gasteiger partial charge in [-0.15, -0.1) is 0 Å². The molecule has 0 fully saturated rings. The number of nitrogens with two attached hydrogens (primary N) is 1. The van der Waals surface area contributed by atoms with E-state index in [4.69, 9.17) is 10.5 Å². The van der Waals surface area contributed by atoms with Crippen molar-refractivity contribution in [2.75, 3.05) is 18.1 Å². The number of carbonyl (C=O) groups is 3. The zero-order valence-corrected chi connectivity index (χ0v) is 13.6. The number of amides is 1. The third-order valence-electron chi connectivity index (χ3n) is 2.55. The molecular weight excluding hydrogens is 292 g/mol. The van der Waals surface area contributed by atoms with Gasteiger partial charge < -0.3 is 20.6 Å². The summed E-state index contributed by atoms with van der Waals surface area (Å²) < 4.78 is 4.94. The molecule has 0 aromatic heterocycles. The van der Waals surface area contributed by atoms with Gasteiger partial charge in [-0.1, -0.05) is 6.58 Å². The maximum atomic E-state index is 11.2. The number of ether oxygens (including phenoxy) is 1. The number of hydrogen-bond acceptors (Lipinski definition) is 6. The number of rotatable bonds is 10. The quantitative estimate of drug-likeness (QED) is 0.266. The van der Waals surface area contributed by atoms with Crippen LogP contribution in [0.3, 0.4) is 0 Å². The molecule has 2 unspecified atom stereocenters. The van der Waals surface area contributed by atoms with Crippen LogP contribution in [0.2, 0.25) is 0 Å². The first-order valence-corrected chi connectivity index (χ1v) is 7.78. The molecule has 0 heterocycles. The summed E-state index contributed by atoms with van der Waals surface area (Å²) in [7, 11) is 0. The molecule has 2 atom stereocenters. The molecule has 0 spiro atoms. The van der Waals surface area contributed by atoms with Gasteiger partial charge in [0.05, 0.1) is 5.54 Å². The van der Waals surface area contributed by atoms with Gasteiger partial charge in [-0.25, -0.2) is 4.79 Å². The average molecular weight is 316 g/mol. The first kappa shape index (κ1) is 19.7. The van der Waals surface area contributed by atoms with Crippen LogP contribution >= 0.6 is 11.8 Å². The number of aldehydes is 1. The minimum absolute atomic E-state index is 0.157. The number of carbonyl (C=O) groups excluding carboxylic acids is 3. The van der Waals surface area contributed by atoms with Crippen LogP contribution in [0.5, 0.6) is 0 Å². The molecule has 0 bridgehead atoms. The summed E-state index contributed by atoms with van der Waals surface area (Å²) >= 11 is 1.42. The summed E-state index contributed by atoms with van der Waals surface area (Å²) in [4.78, 5) is 33.3. The van der Waals surface area contributed by atoms with Crippen LogP contribution in [-0.4, -0.2) is 47.9 Å². The lowest BCUT2D eigenvalue weighted by molar-refractivity contribution is -0.138. The normalized spacial score (nSPS) is 14.7. The highest BCUT2D eigenvalue weighted by molar-refractivity contribution is 7.99. The Morgan fingerprint density at radius 2 is 2.10 bits per heavy atom. The second-order valence-corrected chi connectivity index (χ2v) is 6.23. The number of nitrogens with one attached hydrogen (secondary N) is 1. The van der Waals surface area contributed by atoms with Crippen LogP contribution in [0.1, 0.15) is 27.2 Å². The van der Waals surface area contributed by atoms with Gasteiger partial charge in [0.25, 0.3) is 0 Å². The molecule has 0 saturated heterocycles. The van der Waals surface area contributed by atoms with E-state index in [-0.39, 0.29) is 18.6 Å². The predicted molar refractivity (Wildman–Crippen MR) is 84.0 cm³/mol. The van der Waals surface area contributed by atoms with Crippen molar-refractivity contribution in [1.82, 2.24) is 5.32 Å². The van der Waals surface area contributed by atoms with Crippen LogP contribution in [0.4, 0.5) is 0 Å². The van der Waals surface area contributed by atoms with Crippen LogP contribution in [0.15, 0.2) is 12.2 Å². The van der Waals surface area contributed by atoms with E-state index < -0.39 is 11.5 Å². The van der Waals surface area contributed by atoms with E-state index in [1.54, 1.807) is 13.8 Å². The van der Waals surface area contributed by atoms with Gasteiger partial charge >= 0.3 is 5.97 Å².